The van der Waals surface area contributed by atoms with Crippen LogP contribution >= 0.6 is 0 Å². The normalized spacial score (nSPS) is 35.2. The summed E-state index contributed by atoms with van der Waals surface area (Å²) in [6.45, 7) is 0.255. The Balaban J connectivity index is 2.19. The third kappa shape index (κ3) is 1.14. The van der Waals surface area contributed by atoms with Gasteiger partial charge in [0.2, 0.25) is 0 Å². The average Bonchev–Trinajstić information content (AvgIpc) is 2.50. The molecule has 2 aliphatic rings. The van der Waals surface area contributed by atoms with E-state index in [4.69, 9.17) is 5.11 Å². The van der Waals surface area contributed by atoms with Crippen molar-refractivity contribution in [3.8, 4) is 0 Å². The van der Waals surface area contributed by atoms with E-state index in [1.165, 1.54) is 24.8 Å². The molecule has 0 aromatic heterocycles. The highest BCUT2D eigenvalue weighted by Gasteiger charge is 2.28. The highest BCUT2D eigenvalue weighted by atomic mass is 16.3. The fourth-order valence-corrected chi connectivity index (χ4v) is 2.29. The van der Waals surface area contributed by atoms with Crippen LogP contribution in [-0.2, 0) is 0 Å². The maximum Gasteiger partial charge on any atom is 0.0647 e. The Kier molecular flexibility index (Phi) is 1.82. The van der Waals surface area contributed by atoms with Crippen molar-refractivity contribution in [1.82, 2.24) is 0 Å². The second-order valence-corrected chi connectivity index (χ2v) is 3.49. The van der Waals surface area contributed by atoms with Gasteiger partial charge in [-0.25, -0.2) is 0 Å². The van der Waals surface area contributed by atoms with Gasteiger partial charge in [-0.2, -0.15) is 0 Å². The zero-order chi connectivity index (χ0) is 7.68. The van der Waals surface area contributed by atoms with Crippen LogP contribution in [-0.4, -0.2) is 11.7 Å². The van der Waals surface area contributed by atoms with Crippen LogP contribution in [0.15, 0.2) is 23.8 Å². The van der Waals surface area contributed by atoms with Gasteiger partial charge in [0.15, 0.2) is 0 Å². The molecule has 1 fully saturated rings. The van der Waals surface area contributed by atoms with Gasteiger partial charge in [-0.05, 0) is 30.3 Å². The van der Waals surface area contributed by atoms with Crippen LogP contribution in [0.25, 0.3) is 0 Å². The SMILES string of the molecule is OCC1=CC=C[C@@H]2CCC[C@H]12. The average molecular weight is 150 g/mol. The zero-order valence-electron chi connectivity index (χ0n) is 6.66. The number of fused-ring (bicyclic) bond motifs is 1. The minimum absolute atomic E-state index is 0.255. The van der Waals surface area contributed by atoms with Crippen molar-refractivity contribution in [2.24, 2.45) is 11.8 Å². The predicted octanol–water partition coefficient (Wildman–Crippen LogP) is 1.89. The van der Waals surface area contributed by atoms with E-state index in [0.717, 1.165) is 5.92 Å². The number of allylic oxidation sites excluding steroid dienone is 3. The second-order valence-electron chi connectivity index (χ2n) is 3.49. The molecule has 0 amide bonds. The van der Waals surface area contributed by atoms with Crippen LogP contribution < -0.4 is 0 Å². The first-order chi connectivity index (χ1) is 5.42. The van der Waals surface area contributed by atoms with E-state index >= 15 is 0 Å². The summed E-state index contributed by atoms with van der Waals surface area (Å²) in [5.74, 6) is 1.41. The first-order valence-electron chi connectivity index (χ1n) is 4.40. The van der Waals surface area contributed by atoms with E-state index in [-0.39, 0.29) is 6.61 Å². The first kappa shape index (κ1) is 7.11. The number of aliphatic hydroxyl groups excluding tert-OH is 1. The Hall–Kier alpha value is -0.560. The third-order valence-corrected chi connectivity index (χ3v) is 2.90. The molecule has 1 saturated carbocycles. The van der Waals surface area contributed by atoms with Crippen LogP contribution in [0.5, 0.6) is 0 Å². The number of rotatable bonds is 1. The molecule has 2 rings (SSSR count). The molecule has 1 heteroatoms. The maximum absolute atomic E-state index is 9.04. The van der Waals surface area contributed by atoms with E-state index < -0.39 is 0 Å². The molecular formula is C10H14O. The molecule has 2 atom stereocenters. The number of hydrogen-bond acceptors (Lipinski definition) is 1. The summed E-state index contributed by atoms with van der Waals surface area (Å²) in [5, 5.41) is 9.04. The van der Waals surface area contributed by atoms with Gasteiger partial charge < -0.3 is 5.11 Å². The first-order valence-corrected chi connectivity index (χ1v) is 4.40. The summed E-state index contributed by atoms with van der Waals surface area (Å²) >= 11 is 0. The lowest BCUT2D eigenvalue weighted by atomic mass is 9.85. The maximum atomic E-state index is 9.04. The van der Waals surface area contributed by atoms with Gasteiger partial charge >= 0.3 is 0 Å². The number of aliphatic hydroxyl groups is 1. The van der Waals surface area contributed by atoms with Crippen molar-refractivity contribution in [1.29, 1.82) is 0 Å². The molecule has 0 saturated heterocycles. The van der Waals surface area contributed by atoms with Crippen LogP contribution in [0.4, 0.5) is 0 Å². The Bertz CT molecular complexity index is 203. The molecule has 0 heterocycles. The Morgan fingerprint density at radius 1 is 1.45 bits per heavy atom. The molecule has 0 aromatic carbocycles. The molecule has 0 aliphatic heterocycles. The standard InChI is InChI=1S/C10H14O/c11-7-9-5-1-3-8-4-2-6-10(8)9/h1,3,5,8,10-11H,2,4,6-7H2/t8-,10+/m1/s1. The summed E-state index contributed by atoms with van der Waals surface area (Å²) in [5.41, 5.74) is 1.25. The molecule has 60 valence electrons. The van der Waals surface area contributed by atoms with Crippen LogP contribution in [0, 0.1) is 11.8 Å². The minimum Gasteiger partial charge on any atom is -0.392 e. The Morgan fingerprint density at radius 2 is 2.36 bits per heavy atom. The summed E-state index contributed by atoms with van der Waals surface area (Å²) in [4.78, 5) is 0. The molecule has 11 heavy (non-hydrogen) atoms. The van der Waals surface area contributed by atoms with Gasteiger partial charge in [0.25, 0.3) is 0 Å². The van der Waals surface area contributed by atoms with Crippen molar-refractivity contribution in [3.05, 3.63) is 23.8 Å². The fraction of sp³-hybridized carbons (Fsp3) is 0.600. The Labute approximate surface area is 67.4 Å². The summed E-state index contributed by atoms with van der Waals surface area (Å²) < 4.78 is 0. The van der Waals surface area contributed by atoms with E-state index in [1.54, 1.807) is 0 Å². The highest BCUT2D eigenvalue weighted by molar-refractivity contribution is 5.24. The topological polar surface area (TPSA) is 20.2 Å². The second kappa shape index (κ2) is 2.82. The van der Waals surface area contributed by atoms with E-state index in [1.807, 2.05) is 0 Å². The minimum atomic E-state index is 0.255. The molecule has 1 nitrogen and oxygen atoms in total. The van der Waals surface area contributed by atoms with Gasteiger partial charge in [-0.15, -0.1) is 0 Å². The van der Waals surface area contributed by atoms with Gasteiger partial charge in [-0.1, -0.05) is 24.6 Å². The van der Waals surface area contributed by atoms with Crippen molar-refractivity contribution >= 4 is 0 Å². The Morgan fingerprint density at radius 3 is 3.18 bits per heavy atom. The fourth-order valence-electron chi connectivity index (χ4n) is 2.29. The lowest BCUT2D eigenvalue weighted by molar-refractivity contribution is 0.305. The molecule has 1 N–H and O–H groups in total. The summed E-state index contributed by atoms with van der Waals surface area (Å²) in [6.07, 6.45) is 10.4. The van der Waals surface area contributed by atoms with Gasteiger partial charge in [0.05, 0.1) is 6.61 Å². The molecule has 0 unspecified atom stereocenters. The third-order valence-electron chi connectivity index (χ3n) is 2.90. The lowest BCUT2D eigenvalue weighted by Crippen LogP contribution is -2.13. The molecular weight excluding hydrogens is 136 g/mol. The van der Waals surface area contributed by atoms with E-state index in [2.05, 4.69) is 18.2 Å². The molecule has 0 spiro atoms. The van der Waals surface area contributed by atoms with Crippen molar-refractivity contribution in [2.45, 2.75) is 19.3 Å². The number of hydrogen-bond donors (Lipinski definition) is 1. The van der Waals surface area contributed by atoms with Gasteiger partial charge in [-0.3, -0.25) is 0 Å². The van der Waals surface area contributed by atoms with Gasteiger partial charge in [0, 0.05) is 0 Å². The molecule has 0 aromatic rings. The summed E-state index contributed by atoms with van der Waals surface area (Å²) in [6, 6.07) is 0. The van der Waals surface area contributed by atoms with Crippen LogP contribution in [0.3, 0.4) is 0 Å². The van der Waals surface area contributed by atoms with Crippen molar-refractivity contribution < 1.29 is 5.11 Å². The monoisotopic (exact) mass is 150 g/mol. The molecule has 2 aliphatic carbocycles. The molecule has 0 radical (unpaired) electrons. The van der Waals surface area contributed by atoms with Crippen molar-refractivity contribution in [3.63, 3.8) is 0 Å². The van der Waals surface area contributed by atoms with E-state index in [9.17, 15) is 0 Å². The van der Waals surface area contributed by atoms with E-state index in [0.29, 0.717) is 5.92 Å². The highest BCUT2D eigenvalue weighted by Crippen LogP contribution is 2.39. The summed E-state index contributed by atoms with van der Waals surface area (Å²) in [7, 11) is 0. The zero-order valence-corrected chi connectivity index (χ0v) is 6.66. The van der Waals surface area contributed by atoms with Gasteiger partial charge in [0.1, 0.15) is 0 Å². The molecule has 0 bridgehead atoms. The van der Waals surface area contributed by atoms with Crippen LogP contribution in [0.1, 0.15) is 19.3 Å². The smallest absolute Gasteiger partial charge is 0.0647 e. The van der Waals surface area contributed by atoms with Crippen molar-refractivity contribution in [2.75, 3.05) is 6.61 Å². The lowest BCUT2D eigenvalue weighted by Gasteiger charge is -2.21. The quantitative estimate of drug-likeness (QED) is 0.605. The van der Waals surface area contributed by atoms with Crippen LogP contribution in [0.2, 0.25) is 0 Å². The largest absolute Gasteiger partial charge is 0.392 e. The predicted molar refractivity (Wildman–Crippen MR) is 45.1 cm³/mol.